The maximum atomic E-state index is 12.3. The highest BCUT2D eigenvalue weighted by molar-refractivity contribution is 5.91. The number of nitrogens with zero attached hydrogens (tertiary/aromatic N) is 1. The third-order valence-corrected chi connectivity index (χ3v) is 2.81. The molecule has 0 saturated heterocycles. The topological polar surface area (TPSA) is 33.5 Å². The fourth-order valence-corrected chi connectivity index (χ4v) is 1.81. The van der Waals surface area contributed by atoms with Crippen LogP contribution in [-0.2, 0) is 6.54 Å². The van der Waals surface area contributed by atoms with Gasteiger partial charge in [0, 0.05) is 12.6 Å². The summed E-state index contributed by atoms with van der Waals surface area (Å²) in [5, 5.41) is 0. The van der Waals surface area contributed by atoms with E-state index in [1.165, 1.54) is 6.26 Å². The summed E-state index contributed by atoms with van der Waals surface area (Å²) >= 11 is 0. The third-order valence-electron chi connectivity index (χ3n) is 2.81. The van der Waals surface area contributed by atoms with E-state index in [0.717, 1.165) is 5.56 Å². The van der Waals surface area contributed by atoms with Crippen molar-refractivity contribution in [3.8, 4) is 0 Å². The van der Waals surface area contributed by atoms with Gasteiger partial charge in [-0.15, -0.1) is 0 Å². The summed E-state index contributed by atoms with van der Waals surface area (Å²) in [7, 11) is 0. The van der Waals surface area contributed by atoms with Gasteiger partial charge < -0.3 is 9.32 Å². The Balaban J connectivity index is 2.17. The molecular formula is C15H17NO2. The molecule has 1 aromatic heterocycles. The number of hydrogen-bond donors (Lipinski definition) is 0. The Labute approximate surface area is 107 Å². The average Bonchev–Trinajstić information content (AvgIpc) is 2.90. The highest BCUT2D eigenvalue weighted by Gasteiger charge is 2.20. The van der Waals surface area contributed by atoms with Gasteiger partial charge in [-0.2, -0.15) is 0 Å². The van der Waals surface area contributed by atoms with Crippen LogP contribution in [0.25, 0.3) is 0 Å². The Bertz CT molecular complexity index is 488. The van der Waals surface area contributed by atoms with Crippen molar-refractivity contribution in [3.05, 3.63) is 60.1 Å². The van der Waals surface area contributed by atoms with Crippen molar-refractivity contribution in [2.75, 3.05) is 0 Å². The van der Waals surface area contributed by atoms with Crippen LogP contribution in [0.2, 0.25) is 0 Å². The lowest BCUT2D eigenvalue weighted by molar-refractivity contribution is 0.0657. The molecule has 0 radical (unpaired) electrons. The van der Waals surface area contributed by atoms with E-state index in [4.69, 9.17) is 4.42 Å². The molecule has 0 aliphatic carbocycles. The fraction of sp³-hybridized carbons (Fsp3) is 0.267. The molecule has 94 valence electrons. The van der Waals surface area contributed by atoms with Crippen LogP contribution in [0, 0.1) is 0 Å². The number of benzene rings is 1. The molecule has 18 heavy (non-hydrogen) atoms. The largest absolute Gasteiger partial charge is 0.459 e. The van der Waals surface area contributed by atoms with Crippen LogP contribution in [0.5, 0.6) is 0 Å². The number of furan rings is 1. The normalized spacial score (nSPS) is 10.6. The van der Waals surface area contributed by atoms with E-state index in [9.17, 15) is 4.79 Å². The first-order valence-corrected chi connectivity index (χ1v) is 6.07. The van der Waals surface area contributed by atoms with Crippen LogP contribution < -0.4 is 0 Å². The van der Waals surface area contributed by atoms with Gasteiger partial charge in [-0.3, -0.25) is 4.79 Å². The van der Waals surface area contributed by atoms with Gasteiger partial charge in [0.05, 0.1) is 6.26 Å². The van der Waals surface area contributed by atoms with E-state index in [1.807, 2.05) is 44.2 Å². The van der Waals surface area contributed by atoms with E-state index in [2.05, 4.69) is 0 Å². The van der Waals surface area contributed by atoms with E-state index in [0.29, 0.717) is 12.3 Å². The van der Waals surface area contributed by atoms with Gasteiger partial charge in [-0.05, 0) is 31.5 Å². The van der Waals surface area contributed by atoms with Crippen LogP contribution >= 0.6 is 0 Å². The minimum absolute atomic E-state index is 0.0705. The average molecular weight is 243 g/mol. The Morgan fingerprint density at radius 3 is 2.44 bits per heavy atom. The molecular weight excluding hydrogens is 226 g/mol. The van der Waals surface area contributed by atoms with Crippen LogP contribution in [0.3, 0.4) is 0 Å². The van der Waals surface area contributed by atoms with Crippen molar-refractivity contribution >= 4 is 5.91 Å². The van der Waals surface area contributed by atoms with Crippen molar-refractivity contribution in [1.82, 2.24) is 4.90 Å². The van der Waals surface area contributed by atoms with Gasteiger partial charge in [0.15, 0.2) is 5.76 Å². The predicted octanol–water partition coefficient (Wildman–Crippen LogP) is 3.33. The molecule has 1 heterocycles. The lowest BCUT2D eigenvalue weighted by Gasteiger charge is -2.25. The SMILES string of the molecule is CC(C)N(Cc1ccccc1)C(=O)c1ccco1. The summed E-state index contributed by atoms with van der Waals surface area (Å²) in [5.41, 5.74) is 1.12. The smallest absolute Gasteiger partial charge is 0.290 e. The Morgan fingerprint density at radius 1 is 1.17 bits per heavy atom. The first-order chi connectivity index (χ1) is 8.68. The molecule has 3 heteroatoms. The predicted molar refractivity (Wildman–Crippen MR) is 70.2 cm³/mol. The molecule has 3 nitrogen and oxygen atoms in total. The van der Waals surface area contributed by atoms with Crippen LogP contribution in [0.1, 0.15) is 30.0 Å². The zero-order valence-corrected chi connectivity index (χ0v) is 10.7. The first-order valence-electron chi connectivity index (χ1n) is 6.07. The molecule has 0 aliphatic rings. The van der Waals surface area contributed by atoms with E-state index in [1.54, 1.807) is 17.0 Å². The summed E-state index contributed by atoms with van der Waals surface area (Å²) in [6.45, 7) is 4.60. The van der Waals surface area contributed by atoms with Crippen molar-refractivity contribution in [2.24, 2.45) is 0 Å². The summed E-state index contributed by atoms with van der Waals surface area (Å²) in [5.74, 6) is 0.318. The molecule has 0 saturated carbocycles. The summed E-state index contributed by atoms with van der Waals surface area (Å²) in [6, 6.07) is 13.5. The number of hydrogen-bond acceptors (Lipinski definition) is 2. The minimum atomic E-state index is -0.0705. The standard InChI is InChI=1S/C15H17NO2/c1-12(2)16(11-13-7-4-3-5-8-13)15(17)14-9-6-10-18-14/h3-10,12H,11H2,1-2H3. The lowest BCUT2D eigenvalue weighted by atomic mass is 10.2. The maximum Gasteiger partial charge on any atom is 0.290 e. The highest BCUT2D eigenvalue weighted by atomic mass is 16.3. The second-order valence-electron chi connectivity index (χ2n) is 4.49. The number of rotatable bonds is 4. The van der Waals surface area contributed by atoms with Crippen molar-refractivity contribution < 1.29 is 9.21 Å². The fourth-order valence-electron chi connectivity index (χ4n) is 1.81. The zero-order chi connectivity index (χ0) is 13.0. The Morgan fingerprint density at radius 2 is 1.89 bits per heavy atom. The third kappa shape index (κ3) is 2.80. The molecule has 2 rings (SSSR count). The van der Waals surface area contributed by atoms with Crippen LogP contribution in [-0.4, -0.2) is 16.8 Å². The zero-order valence-electron chi connectivity index (χ0n) is 10.7. The minimum Gasteiger partial charge on any atom is -0.459 e. The number of carbonyl (C=O) groups is 1. The molecule has 0 unspecified atom stereocenters. The molecule has 0 bridgehead atoms. The first kappa shape index (κ1) is 12.4. The van der Waals surface area contributed by atoms with Crippen LogP contribution in [0.15, 0.2) is 53.1 Å². The molecule has 0 N–H and O–H groups in total. The Kier molecular flexibility index (Phi) is 3.82. The van der Waals surface area contributed by atoms with Crippen molar-refractivity contribution in [2.45, 2.75) is 26.4 Å². The summed E-state index contributed by atoms with van der Waals surface area (Å²) in [6.07, 6.45) is 1.52. The van der Waals surface area contributed by atoms with Crippen LogP contribution in [0.4, 0.5) is 0 Å². The molecule has 0 spiro atoms. The summed E-state index contributed by atoms with van der Waals surface area (Å²) < 4.78 is 5.17. The second kappa shape index (κ2) is 5.54. The monoisotopic (exact) mass is 243 g/mol. The van der Waals surface area contributed by atoms with Crippen molar-refractivity contribution in [3.63, 3.8) is 0 Å². The maximum absolute atomic E-state index is 12.3. The molecule has 0 atom stereocenters. The number of amides is 1. The van der Waals surface area contributed by atoms with Gasteiger partial charge in [0.25, 0.3) is 5.91 Å². The molecule has 1 amide bonds. The van der Waals surface area contributed by atoms with E-state index < -0.39 is 0 Å². The summed E-state index contributed by atoms with van der Waals surface area (Å²) in [4.78, 5) is 14.1. The quantitative estimate of drug-likeness (QED) is 0.825. The number of carbonyl (C=O) groups excluding carboxylic acids is 1. The highest BCUT2D eigenvalue weighted by Crippen LogP contribution is 2.13. The van der Waals surface area contributed by atoms with E-state index in [-0.39, 0.29) is 11.9 Å². The molecule has 2 aromatic rings. The molecule has 1 aromatic carbocycles. The van der Waals surface area contributed by atoms with Gasteiger partial charge in [-0.25, -0.2) is 0 Å². The van der Waals surface area contributed by atoms with Gasteiger partial charge in [0.1, 0.15) is 0 Å². The van der Waals surface area contributed by atoms with Gasteiger partial charge in [0.2, 0.25) is 0 Å². The van der Waals surface area contributed by atoms with Crippen molar-refractivity contribution in [1.29, 1.82) is 0 Å². The Hall–Kier alpha value is -2.03. The second-order valence-corrected chi connectivity index (χ2v) is 4.49. The lowest BCUT2D eigenvalue weighted by Crippen LogP contribution is -2.36. The molecule has 0 fully saturated rings. The molecule has 0 aliphatic heterocycles. The van der Waals surface area contributed by atoms with E-state index >= 15 is 0 Å². The van der Waals surface area contributed by atoms with Gasteiger partial charge in [-0.1, -0.05) is 30.3 Å². The van der Waals surface area contributed by atoms with Gasteiger partial charge >= 0.3 is 0 Å².